The van der Waals surface area contributed by atoms with Crippen molar-refractivity contribution in [3.63, 3.8) is 0 Å². The summed E-state index contributed by atoms with van der Waals surface area (Å²) in [6, 6.07) is 0. The van der Waals surface area contributed by atoms with E-state index < -0.39 is 0 Å². The standard InChI is InChI=1S/C8H13N3.ClH/c1-3-4-5-8(10-11-8)6-7-9-2;/h1,9H,4-7H2,2H3;1H. The lowest BCUT2D eigenvalue weighted by Crippen LogP contribution is -2.19. The van der Waals surface area contributed by atoms with E-state index in [4.69, 9.17) is 6.42 Å². The first-order valence-electron chi connectivity index (χ1n) is 3.85. The molecule has 0 atom stereocenters. The second-order valence-electron chi connectivity index (χ2n) is 2.74. The van der Waals surface area contributed by atoms with Crippen molar-refractivity contribution in [2.75, 3.05) is 13.6 Å². The van der Waals surface area contributed by atoms with Crippen LogP contribution in [0.4, 0.5) is 0 Å². The molecule has 12 heavy (non-hydrogen) atoms. The third-order valence-corrected chi connectivity index (χ3v) is 1.83. The predicted octanol–water partition coefficient (Wildman–Crippen LogP) is 1.59. The van der Waals surface area contributed by atoms with Gasteiger partial charge in [0.25, 0.3) is 0 Å². The first kappa shape index (κ1) is 11.4. The van der Waals surface area contributed by atoms with Crippen molar-refractivity contribution < 1.29 is 0 Å². The molecule has 0 aromatic rings. The molecule has 0 saturated carbocycles. The van der Waals surface area contributed by atoms with Crippen molar-refractivity contribution in [2.45, 2.75) is 24.9 Å². The van der Waals surface area contributed by atoms with Crippen molar-refractivity contribution in [3.8, 4) is 12.3 Å². The Hall–Kier alpha value is -0.590. The molecule has 0 bridgehead atoms. The van der Waals surface area contributed by atoms with Crippen LogP contribution in [-0.2, 0) is 0 Å². The van der Waals surface area contributed by atoms with E-state index in [9.17, 15) is 0 Å². The molecule has 0 fully saturated rings. The highest BCUT2D eigenvalue weighted by molar-refractivity contribution is 5.85. The second-order valence-corrected chi connectivity index (χ2v) is 2.74. The summed E-state index contributed by atoms with van der Waals surface area (Å²) in [6.45, 7) is 0.956. The van der Waals surface area contributed by atoms with E-state index >= 15 is 0 Å². The van der Waals surface area contributed by atoms with Gasteiger partial charge in [-0.3, -0.25) is 0 Å². The SMILES string of the molecule is C#CCCC1(CCNC)N=N1.Cl. The minimum absolute atomic E-state index is 0. The zero-order valence-corrected chi connectivity index (χ0v) is 8.02. The van der Waals surface area contributed by atoms with Gasteiger partial charge in [-0.25, -0.2) is 0 Å². The van der Waals surface area contributed by atoms with E-state index in [0.717, 1.165) is 25.8 Å². The predicted molar refractivity (Wildman–Crippen MR) is 51.4 cm³/mol. The van der Waals surface area contributed by atoms with E-state index in [-0.39, 0.29) is 18.1 Å². The summed E-state index contributed by atoms with van der Waals surface area (Å²) in [7, 11) is 1.93. The Morgan fingerprint density at radius 2 is 2.08 bits per heavy atom. The van der Waals surface area contributed by atoms with Crippen LogP contribution < -0.4 is 5.32 Å². The van der Waals surface area contributed by atoms with Gasteiger partial charge in [0.05, 0.1) is 0 Å². The molecule has 4 heteroatoms. The molecule has 0 radical (unpaired) electrons. The summed E-state index contributed by atoms with van der Waals surface area (Å²) in [5.41, 5.74) is -0.102. The molecule has 0 aromatic carbocycles. The molecule has 1 rings (SSSR count). The quantitative estimate of drug-likeness (QED) is 0.653. The summed E-state index contributed by atoms with van der Waals surface area (Å²) in [6.07, 6.45) is 7.80. The Bertz CT molecular complexity index is 189. The lowest BCUT2D eigenvalue weighted by Gasteiger charge is -2.06. The van der Waals surface area contributed by atoms with E-state index in [0.29, 0.717) is 0 Å². The Labute approximate surface area is 79.4 Å². The number of nitrogens with zero attached hydrogens (tertiary/aromatic N) is 2. The van der Waals surface area contributed by atoms with Gasteiger partial charge in [0.15, 0.2) is 5.66 Å². The number of hydrogen-bond acceptors (Lipinski definition) is 3. The van der Waals surface area contributed by atoms with Crippen LogP contribution >= 0.6 is 12.4 Å². The number of hydrogen-bond donors (Lipinski definition) is 1. The van der Waals surface area contributed by atoms with Crippen molar-refractivity contribution in [2.24, 2.45) is 10.2 Å². The van der Waals surface area contributed by atoms with Gasteiger partial charge in [0.1, 0.15) is 0 Å². The van der Waals surface area contributed by atoms with Crippen LogP contribution in [0.2, 0.25) is 0 Å². The van der Waals surface area contributed by atoms with Gasteiger partial charge >= 0.3 is 0 Å². The number of terminal acetylenes is 1. The van der Waals surface area contributed by atoms with Crippen LogP contribution in [0, 0.1) is 12.3 Å². The third-order valence-electron chi connectivity index (χ3n) is 1.83. The topological polar surface area (TPSA) is 36.8 Å². The molecule has 0 unspecified atom stereocenters. The van der Waals surface area contributed by atoms with Gasteiger partial charge in [-0.2, -0.15) is 10.2 Å². The lowest BCUT2D eigenvalue weighted by molar-refractivity contribution is 0.501. The van der Waals surface area contributed by atoms with Gasteiger partial charge in [0.2, 0.25) is 0 Å². The maximum atomic E-state index is 5.14. The monoisotopic (exact) mass is 187 g/mol. The normalized spacial score (nSPS) is 16.3. The van der Waals surface area contributed by atoms with E-state index in [1.807, 2.05) is 7.05 Å². The van der Waals surface area contributed by atoms with Gasteiger partial charge in [0, 0.05) is 19.3 Å². The van der Waals surface area contributed by atoms with Gasteiger partial charge in [-0.05, 0) is 13.6 Å². The lowest BCUT2D eigenvalue weighted by atomic mass is 10.1. The van der Waals surface area contributed by atoms with Crippen LogP contribution in [0.25, 0.3) is 0 Å². The summed E-state index contributed by atoms with van der Waals surface area (Å²) >= 11 is 0. The van der Waals surface area contributed by atoms with Crippen molar-refractivity contribution >= 4 is 12.4 Å². The van der Waals surface area contributed by atoms with Crippen molar-refractivity contribution in [1.82, 2.24) is 5.32 Å². The molecule has 0 spiro atoms. The molecule has 3 nitrogen and oxygen atoms in total. The third kappa shape index (κ3) is 3.21. The smallest absolute Gasteiger partial charge is 0.193 e. The molecule has 0 saturated heterocycles. The fraction of sp³-hybridized carbons (Fsp3) is 0.750. The largest absolute Gasteiger partial charge is 0.320 e. The fourth-order valence-corrected chi connectivity index (χ4v) is 0.993. The summed E-state index contributed by atoms with van der Waals surface area (Å²) < 4.78 is 0. The maximum absolute atomic E-state index is 5.14. The zero-order valence-electron chi connectivity index (χ0n) is 7.21. The summed E-state index contributed by atoms with van der Waals surface area (Å²) in [5, 5.41) is 11.1. The first-order chi connectivity index (χ1) is 5.33. The molecule has 0 aliphatic carbocycles. The summed E-state index contributed by atoms with van der Waals surface area (Å²) in [5.74, 6) is 2.60. The highest BCUT2D eigenvalue weighted by atomic mass is 35.5. The van der Waals surface area contributed by atoms with E-state index in [2.05, 4.69) is 21.5 Å². The summed E-state index contributed by atoms with van der Waals surface area (Å²) in [4.78, 5) is 0. The highest BCUT2D eigenvalue weighted by Gasteiger charge is 2.38. The van der Waals surface area contributed by atoms with Crippen LogP contribution in [0.3, 0.4) is 0 Å². The molecule has 0 amide bonds. The van der Waals surface area contributed by atoms with E-state index in [1.54, 1.807) is 0 Å². The first-order valence-corrected chi connectivity index (χ1v) is 3.85. The van der Waals surface area contributed by atoms with Gasteiger partial charge in [-0.1, -0.05) is 0 Å². The minimum Gasteiger partial charge on any atom is -0.320 e. The Balaban J connectivity index is 0.00000121. The van der Waals surface area contributed by atoms with Crippen molar-refractivity contribution in [1.29, 1.82) is 0 Å². The molecule has 1 N–H and O–H groups in total. The molecule has 1 aliphatic rings. The number of rotatable bonds is 5. The average molecular weight is 188 g/mol. The average Bonchev–Trinajstić information content (AvgIpc) is 2.79. The fourth-order valence-electron chi connectivity index (χ4n) is 0.993. The Morgan fingerprint density at radius 3 is 2.50 bits per heavy atom. The molecule has 0 aromatic heterocycles. The molecular weight excluding hydrogens is 174 g/mol. The van der Waals surface area contributed by atoms with Crippen molar-refractivity contribution in [3.05, 3.63) is 0 Å². The minimum atomic E-state index is -0.102. The second kappa shape index (κ2) is 5.13. The molecular formula is C8H14ClN3. The zero-order chi connectivity index (χ0) is 8.16. The molecule has 1 aliphatic heterocycles. The Kier molecular flexibility index (Phi) is 4.87. The van der Waals surface area contributed by atoms with Crippen LogP contribution in [0.1, 0.15) is 19.3 Å². The van der Waals surface area contributed by atoms with Crippen LogP contribution in [0.5, 0.6) is 0 Å². The van der Waals surface area contributed by atoms with E-state index in [1.165, 1.54) is 0 Å². The van der Waals surface area contributed by atoms with Crippen LogP contribution in [-0.4, -0.2) is 19.3 Å². The van der Waals surface area contributed by atoms with Gasteiger partial charge < -0.3 is 5.32 Å². The highest BCUT2D eigenvalue weighted by Crippen LogP contribution is 2.35. The Morgan fingerprint density at radius 1 is 1.42 bits per heavy atom. The number of halogens is 1. The maximum Gasteiger partial charge on any atom is 0.193 e. The molecule has 1 heterocycles. The van der Waals surface area contributed by atoms with Crippen LogP contribution in [0.15, 0.2) is 10.2 Å². The number of nitrogens with one attached hydrogen (secondary N) is 1. The molecule has 68 valence electrons. The van der Waals surface area contributed by atoms with Gasteiger partial charge in [-0.15, -0.1) is 24.8 Å².